The lowest BCUT2D eigenvalue weighted by molar-refractivity contribution is -0.116. The summed E-state index contributed by atoms with van der Waals surface area (Å²) in [5, 5.41) is 5.37. The summed E-state index contributed by atoms with van der Waals surface area (Å²) in [7, 11) is 4.09. The lowest BCUT2D eigenvalue weighted by Gasteiger charge is -2.23. The molecule has 0 aromatic heterocycles. The molecule has 120 valence electrons. The monoisotopic (exact) mass is 316 g/mol. The molecule has 3 aromatic rings. The summed E-state index contributed by atoms with van der Waals surface area (Å²) < 4.78 is 0. The predicted octanol–water partition coefficient (Wildman–Crippen LogP) is 4.46. The number of nitrogens with zero attached hydrogens (tertiary/aromatic N) is 1. The minimum absolute atomic E-state index is 0.104. The molecule has 24 heavy (non-hydrogen) atoms. The molecule has 3 aromatic carbocycles. The van der Waals surface area contributed by atoms with Crippen LogP contribution in [0.1, 0.15) is 12.0 Å². The summed E-state index contributed by atoms with van der Waals surface area (Å²) in [5.74, 6) is 0.104. The number of hydrogen-bond donors (Lipinski definition) is 1. The van der Waals surface area contributed by atoms with Gasteiger partial charge in [-0.2, -0.15) is 0 Å². The molecule has 0 radical (unpaired) electrons. The Balaban J connectivity index is 1.93. The molecule has 1 aliphatic heterocycles. The molecule has 4 rings (SSSR count). The molecule has 1 heterocycles. The van der Waals surface area contributed by atoms with Gasteiger partial charge < -0.3 is 10.2 Å². The van der Waals surface area contributed by atoms with Gasteiger partial charge >= 0.3 is 0 Å². The third-order valence-electron chi connectivity index (χ3n) is 4.72. The highest BCUT2D eigenvalue weighted by atomic mass is 16.1. The van der Waals surface area contributed by atoms with E-state index in [1.165, 1.54) is 22.4 Å². The first-order valence-corrected chi connectivity index (χ1v) is 8.26. The van der Waals surface area contributed by atoms with Crippen molar-refractivity contribution in [3.05, 3.63) is 60.2 Å². The van der Waals surface area contributed by atoms with Crippen molar-refractivity contribution in [3.63, 3.8) is 0 Å². The Morgan fingerprint density at radius 2 is 1.71 bits per heavy atom. The SMILES string of the molecule is CN(C)c1ccc(-c2cc3ccccc3c3c2CCC(=O)N3)cc1. The van der Waals surface area contributed by atoms with E-state index < -0.39 is 0 Å². The summed E-state index contributed by atoms with van der Waals surface area (Å²) >= 11 is 0. The third kappa shape index (κ3) is 2.42. The standard InChI is InChI=1S/C21H20N2O/c1-23(2)16-9-7-14(8-10-16)19-13-15-5-3-4-6-17(15)21-18(19)11-12-20(24)22-21/h3-10,13H,11-12H2,1-2H3,(H,22,24). The highest BCUT2D eigenvalue weighted by Crippen LogP contribution is 2.39. The van der Waals surface area contributed by atoms with Crippen LogP contribution in [-0.4, -0.2) is 20.0 Å². The molecule has 0 atom stereocenters. The van der Waals surface area contributed by atoms with Crippen LogP contribution in [0.4, 0.5) is 11.4 Å². The zero-order chi connectivity index (χ0) is 16.7. The molecule has 1 amide bonds. The van der Waals surface area contributed by atoms with E-state index in [-0.39, 0.29) is 5.91 Å². The van der Waals surface area contributed by atoms with Crippen molar-refractivity contribution in [2.24, 2.45) is 0 Å². The summed E-state index contributed by atoms with van der Waals surface area (Å²) in [4.78, 5) is 14.0. The van der Waals surface area contributed by atoms with Gasteiger partial charge in [0.2, 0.25) is 5.91 Å². The molecule has 0 fully saturated rings. The van der Waals surface area contributed by atoms with Gasteiger partial charge in [0.05, 0.1) is 5.69 Å². The highest BCUT2D eigenvalue weighted by molar-refractivity contribution is 6.08. The molecule has 0 bridgehead atoms. The number of anilines is 2. The zero-order valence-electron chi connectivity index (χ0n) is 14.0. The van der Waals surface area contributed by atoms with Crippen LogP contribution in [0, 0.1) is 0 Å². The molecule has 1 N–H and O–H groups in total. The van der Waals surface area contributed by atoms with E-state index in [0.717, 1.165) is 22.9 Å². The Hall–Kier alpha value is -2.81. The second-order valence-corrected chi connectivity index (χ2v) is 6.49. The van der Waals surface area contributed by atoms with Crippen LogP contribution in [0.3, 0.4) is 0 Å². The van der Waals surface area contributed by atoms with E-state index in [2.05, 4.69) is 52.7 Å². The van der Waals surface area contributed by atoms with Crippen molar-refractivity contribution in [1.82, 2.24) is 0 Å². The topological polar surface area (TPSA) is 32.3 Å². The van der Waals surface area contributed by atoms with Gasteiger partial charge in [-0.15, -0.1) is 0 Å². The van der Waals surface area contributed by atoms with Crippen LogP contribution in [0.15, 0.2) is 54.6 Å². The van der Waals surface area contributed by atoms with Gasteiger partial charge in [0.25, 0.3) is 0 Å². The first-order chi connectivity index (χ1) is 11.6. The predicted molar refractivity (Wildman–Crippen MR) is 101 cm³/mol. The molecule has 0 saturated carbocycles. The van der Waals surface area contributed by atoms with Gasteiger partial charge in [-0.05, 0) is 46.7 Å². The Morgan fingerprint density at radius 1 is 0.958 bits per heavy atom. The normalized spacial score (nSPS) is 13.5. The fraction of sp³-hybridized carbons (Fsp3) is 0.190. The quantitative estimate of drug-likeness (QED) is 0.757. The number of hydrogen-bond acceptors (Lipinski definition) is 2. The number of fused-ring (bicyclic) bond motifs is 3. The second-order valence-electron chi connectivity index (χ2n) is 6.49. The summed E-state index contributed by atoms with van der Waals surface area (Å²) in [5.41, 5.74) is 5.82. The fourth-order valence-corrected chi connectivity index (χ4v) is 3.43. The maximum absolute atomic E-state index is 11.9. The minimum atomic E-state index is 0.104. The maximum Gasteiger partial charge on any atom is 0.224 e. The van der Waals surface area contributed by atoms with Gasteiger partial charge in [0.15, 0.2) is 0 Å². The number of rotatable bonds is 2. The lowest BCUT2D eigenvalue weighted by Crippen LogP contribution is -2.20. The van der Waals surface area contributed by atoms with Crippen molar-refractivity contribution in [2.75, 3.05) is 24.3 Å². The van der Waals surface area contributed by atoms with Crippen molar-refractivity contribution < 1.29 is 4.79 Å². The number of carbonyl (C=O) groups excluding carboxylic acids is 1. The molecule has 0 saturated heterocycles. The molecule has 3 nitrogen and oxygen atoms in total. The van der Waals surface area contributed by atoms with E-state index >= 15 is 0 Å². The van der Waals surface area contributed by atoms with Gasteiger partial charge in [-0.25, -0.2) is 0 Å². The van der Waals surface area contributed by atoms with Crippen molar-refractivity contribution in [3.8, 4) is 11.1 Å². The van der Waals surface area contributed by atoms with Gasteiger partial charge in [-0.3, -0.25) is 4.79 Å². The average molecular weight is 316 g/mol. The van der Waals surface area contributed by atoms with Crippen LogP contribution in [-0.2, 0) is 11.2 Å². The number of benzene rings is 3. The second kappa shape index (κ2) is 5.68. The minimum Gasteiger partial charge on any atom is -0.378 e. The first-order valence-electron chi connectivity index (χ1n) is 8.26. The van der Waals surface area contributed by atoms with E-state index in [4.69, 9.17) is 0 Å². The Kier molecular flexibility index (Phi) is 3.49. The zero-order valence-corrected chi connectivity index (χ0v) is 14.0. The number of carbonyl (C=O) groups is 1. The summed E-state index contributed by atoms with van der Waals surface area (Å²) in [6.07, 6.45) is 1.34. The summed E-state index contributed by atoms with van der Waals surface area (Å²) in [6.45, 7) is 0. The smallest absolute Gasteiger partial charge is 0.224 e. The van der Waals surface area contributed by atoms with Crippen molar-refractivity contribution >= 4 is 28.1 Å². The van der Waals surface area contributed by atoms with Crippen molar-refractivity contribution in [2.45, 2.75) is 12.8 Å². The van der Waals surface area contributed by atoms with Gasteiger partial charge in [0.1, 0.15) is 0 Å². The molecular weight excluding hydrogens is 296 g/mol. The van der Waals surface area contributed by atoms with E-state index in [0.29, 0.717) is 6.42 Å². The number of amides is 1. The Labute approximate surface area is 141 Å². The highest BCUT2D eigenvalue weighted by Gasteiger charge is 2.21. The van der Waals surface area contributed by atoms with E-state index in [1.807, 2.05) is 26.2 Å². The Bertz CT molecular complexity index is 926. The van der Waals surface area contributed by atoms with Crippen LogP contribution in [0.25, 0.3) is 21.9 Å². The Morgan fingerprint density at radius 3 is 2.46 bits per heavy atom. The van der Waals surface area contributed by atoms with Crippen LogP contribution in [0.5, 0.6) is 0 Å². The molecular formula is C21H20N2O. The number of nitrogens with one attached hydrogen (secondary N) is 1. The third-order valence-corrected chi connectivity index (χ3v) is 4.72. The van der Waals surface area contributed by atoms with Gasteiger partial charge in [-0.1, -0.05) is 36.4 Å². The average Bonchev–Trinajstić information content (AvgIpc) is 2.61. The summed E-state index contributed by atoms with van der Waals surface area (Å²) in [6, 6.07) is 19.1. The maximum atomic E-state index is 11.9. The fourth-order valence-electron chi connectivity index (χ4n) is 3.43. The largest absolute Gasteiger partial charge is 0.378 e. The first kappa shape index (κ1) is 14.8. The van der Waals surface area contributed by atoms with Crippen molar-refractivity contribution in [1.29, 1.82) is 0 Å². The molecule has 3 heteroatoms. The van der Waals surface area contributed by atoms with Gasteiger partial charge in [0, 0.05) is 31.6 Å². The molecule has 0 unspecified atom stereocenters. The van der Waals surface area contributed by atoms with Crippen LogP contribution in [0.2, 0.25) is 0 Å². The van der Waals surface area contributed by atoms with E-state index in [1.54, 1.807) is 0 Å². The van der Waals surface area contributed by atoms with Crippen LogP contribution < -0.4 is 10.2 Å². The molecule has 1 aliphatic rings. The van der Waals surface area contributed by atoms with Crippen LogP contribution >= 0.6 is 0 Å². The molecule has 0 aliphatic carbocycles. The lowest BCUT2D eigenvalue weighted by atomic mass is 9.89. The van der Waals surface area contributed by atoms with E-state index in [9.17, 15) is 4.79 Å². The molecule has 0 spiro atoms.